The zero-order valence-electron chi connectivity index (χ0n) is 6.36. The Labute approximate surface area is 82.7 Å². The summed E-state index contributed by atoms with van der Waals surface area (Å²) in [6.07, 6.45) is 1.93. The fourth-order valence-electron chi connectivity index (χ4n) is 0.983. The van der Waals surface area contributed by atoms with E-state index in [1.54, 1.807) is 7.11 Å². The van der Waals surface area contributed by atoms with E-state index in [4.69, 9.17) is 4.74 Å². The average Bonchev–Trinajstić information content (AvgIpc) is 2.46. The summed E-state index contributed by atoms with van der Waals surface area (Å²) >= 11 is 2.23. The van der Waals surface area contributed by atoms with E-state index in [0.717, 1.165) is 9.22 Å². The molecule has 0 spiro atoms. The van der Waals surface area contributed by atoms with Gasteiger partial charge in [-0.3, -0.25) is 4.40 Å². The highest BCUT2D eigenvalue weighted by Gasteiger charge is 2.03. The predicted molar refractivity (Wildman–Crippen MR) is 52.3 cm³/mol. The maximum absolute atomic E-state index is 5.01. The minimum atomic E-state index is 0.517. The Balaban J connectivity index is 2.75. The van der Waals surface area contributed by atoms with Crippen molar-refractivity contribution in [1.29, 1.82) is 0 Å². The van der Waals surface area contributed by atoms with Gasteiger partial charge in [0.1, 0.15) is 0 Å². The Morgan fingerprint density at radius 1 is 1.42 bits per heavy atom. The number of rotatable bonds is 1. The van der Waals surface area contributed by atoms with Crippen LogP contribution in [-0.4, -0.2) is 21.7 Å². The smallest absolute Gasteiger partial charge is 0.321 e. The maximum atomic E-state index is 5.01. The lowest BCUT2D eigenvalue weighted by Crippen LogP contribution is -1.91. The second-order valence-electron chi connectivity index (χ2n) is 2.26. The molecule has 0 N–H and O–H groups in total. The van der Waals surface area contributed by atoms with Crippen LogP contribution in [0.3, 0.4) is 0 Å². The molecule has 0 atom stereocenters. The van der Waals surface area contributed by atoms with Gasteiger partial charge >= 0.3 is 6.01 Å². The molecule has 2 aromatic heterocycles. The molecule has 2 rings (SSSR count). The van der Waals surface area contributed by atoms with Crippen LogP contribution in [0, 0.1) is 3.57 Å². The van der Waals surface area contributed by atoms with Gasteiger partial charge in [-0.2, -0.15) is 0 Å². The monoisotopic (exact) mass is 275 g/mol. The van der Waals surface area contributed by atoms with Crippen LogP contribution in [0.15, 0.2) is 18.3 Å². The van der Waals surface area contributed by atoms with Crippen LogP contribution in [0.2, 0.25) is 0 Å². The van der Waals surface area contributed by atoms with E-state index in [2.05, 4.69) is 32.8 Å². The topological polar surface area (TPSA) is 39.4 Å². The Morgan fingerprint density at radius 2 is 2.25 bits per heavy atom. The van der Waals surface area contributed by atoms with Gasteiger partial charge in [-0.05, 0) is 34.7 Å². The number of halogens is 1. The van der Waals surface area contributed by atoms with Crippen molar-refractivity contribution in [1.82, 2.24) is 14.6 Å². The summed E-state index contributed by atoms with van der Waals surface area (Å²) in [5.41, 5.74) is 0.798. The van der Waals surface area contributed by atoms with Crippen LogP contribution in [0.4, 0.5) is 0 Å². The quantitative estimate of drug-likeness (QED) is 0.737. The summed E-state index contributed by atoms with van der Waals surface area (Å²) in [6, 6.07) is 4.39. The second-order valence-corrected chi connectivity index (χ2v) is 3.51. The van der Waals surface area contributed by atoms with E-state index in [9.17, 15) is 0 Å². The molecule has 0 saturated heterocycles. The Kier molecular flexibility index (Phi) is 1.87. The van der Waals surface area contributed by atoms with E-state index in [1.165, 1.54) is 0 Å². The molecule has 0 aliphatic carbocycles. The SMILES string of the molecule is COc1nnc2ccc(I)cn12. The predicted octanol–water partition coefficient (Wildman–Crippen LogP) is 1.34. The number of nitrogens with zero attached hydrogens (tertiary/aromatic N) is 3. The van der Waals surface area contributed by atoms with Crippen molar-refractivity contribution < 1.29 is 4.74 Å². The van der Waals surface area contributed by atoms with Crippen LogP contribution >= 0.6 is 22.6 Å². The number of hydrogen-bond donors (Lipinski definition) is 0. The Hall–Kier alpha value is -0.850. The van der Waals surface area contributed by atoms with Crippen molar-refractivity contribution in [2.45, 2.75) is 0 Å². The van der Waals surface area contributed by atoms with Gasteiger partial charge in [0.25, 0.3) is 0 Å². The highest BCUT2D eigenvalue weighted by Crippen LogP contribution is 2.12. The molecule has 62 valence electrons. The van der Waals surface area contributed by atoms with E-state index < -0.39 is 0 Å². The lowest BCUT2D eigenvalue weighted by atomic mass is 10.5. The minimum absolute atomic E-state index is 0.517. The molecule has 0 unspecified atom stereocenters. The fourth-order valence-corrected chi connectivity index (χ4v) is 1.44. The molecule has 0 aliphatic heterocycles. The van der Waals surface area contributed by atoms with Crippen molar-refractivity contribution in [3.05, 3.63) is 21.9 Å². The zero-order chi connectivity index (χ0) is 8.55. The molecule has 0 amide bonds. The summed E-state index contributed by atoms with van der Waals surface area (Å²) in [5.74, 6) is 0. The normalized spacial score (nSPS) is 10.5. The van der Waals surface area contributed by atoms with Gasteiger partial charge in [-0.15, -0.1) is 5.10 Å². The molecule has 0 aromatic carbocycles. The number of aromatic nitrogens is 3. The van der Waals surface area contributed by atoms with Crippen molar-refractivity contribution in [3.8, 4) is 6.01 Å². The van der Waals surface area contributed by atoms with E-state index in [1.807, 2.05) is 22.7 Å². The first-order valence-corrected chi connectivity index (χ1v) is 4.43. The number of hydrogen-bond acceptors (Lipinski definition) is 3. The molecule has 0 radical (unpaired) electrons. The maximum Gasteiger partial charge on any atom is 0.321 e. The van der Waals surface area contributed by atoms with Crippen LogP contribution in [0.1, 0.15) is 0 Å². The number of methoxy groups -OCH3 is 1. The van der Waals surface area contributed by atoms with Gasteiger partial charge in [0.15, 0.2) is 5.65 Å². The van der Waals surface area contributed by atoms with Crippen LogP contribution < -0.4 is 4.74 Å². The summed E-state index contributed by atoms with van der Waals surface area (Å²) < 4.78 is 7.94. The molecule has 12 heavy (non-hydrogen) atoms. The first kappa shape index (κ1) is 7.78. The van der Waals surface area contributed by atoms with Crippen molar-refractivity contribution in [2.24, 2.45) is 0 Å². The fraction of sp³-hybridized carbons (Fsp3) is 0.143. The van der Waals surface area contributed by atoms with Crippen molar-refractivity contribution in [3.63, 3.8) is 0 Å². The summed E-state index contributed by atoms with van der Waals surface area (Å²) in [5, 5.41) is 7.76. The first-order valence-electron chi connectivity index (χ1n) is 3.35. The number of fused-ring (bicyclic) bond motifs is 1. The van der Waals surface area contributed by atoms with Gasteiger partial charge in [-0.1, -0.05) is 5.10 Å². The van der Waals surface area contributed by atoms with Gasteiger partial charge in [0.05, 0.1) is 7.11 Å². The third-order valence-corrected chi connectivity index (χ3v) is 2.16. The molecule has 0 bridgehead atoms. The molecule has 4 nitrogen and oxygen atoms in total. The van der Waals surface area contributed by atoms with E-state index in [0.29, 0.717) is 6.01 Å². The highest BCUT2D eigenvalue weighted by atomic mass is 127. The largest absolute Gasteiger partial charge is 0.467 e. The molecule has 0 saturated carbocycles. The standard InChI is InChI=1S/C7H6IN3O/c1-12-7-10-9-6-3-2-5(8)4-11(6)7/h2-4H,1H3. The summed E-state index contributed by atoms with van der Waals surface area (Å²) in [4.78, 5) is 0. The molecule has 5 heteroatoms. The number of ether oxygens (including phenoxy) is 1. The van der Waals surface area contributed by atoms with Gasteiger partial charge < -0.3 is 4.74 Å². The van der Waals surface area contributed by atoms with Crippen LogP contribution in [0.5, 0.6) is 6.01 Å². The van der Waals surface area contributed by atoms with E-state index >= 15 is 0 Å². The summed E-state index contributed by atoms with van der Waals surface area (Å²) in [6.45, 7) is 0. The van der Waals surface area contributed by atoms with Gasteiger partial charge in [0.2, 0.25) is 0 Å². The first-order chi connectivity index (χ1) is 5.81. The Bertz CT molecular complexity index is 412. The number of pyridine rings is 1. The van der Waals surface area contributed by atoms with Crippen LogP contribution in [0.25, 0.3) is 5.65 Å². The van der Waals surface area contributed by atoms with Gasteiger partial charge in [0, 0.05) is 9.77 Å². The van der Waals surface area contributed by atoms with E-state index in [-0.39, 0.29) is 0 Å². The lowest BCUT2D eigenvalue weighted by molar-refractivity contribution is 0.375. The molecule has 2 aromatic rings. The molecule has 2 heterocycles. The van der Waals surface area contributed by atoms with Crippen molar-refractivity contribution in [2.75, 3.05) is 7.11 Å². The van der Waals surface area contributed by atoms with Crippen LogP contribution in [-0.2, 0) is 0 Å². The van der Waals surface area contributed by atoms with Crippen molar-refractivity contribution >= 4 is 28.2 Å². The third-order valence-electron chi connectivity index (χ3n) is 1.52. The molecule has 0 fully saturated rings. The third kappa shape index (κ3) is 1.13. The average molecular weight is 275 g/mol. The van der Waals surface area contributed by atoms with Gasteiger partial charge in [-0.25, -0.2) is 0 Å². The Morgan fingerprint density at radius 3 is 3.00 bits per heavy atom. The zero-order valence-corrected chi connectivity index (χ0v) is 8.52. The molecular formula is C7H6IN3O. The molecule has 0 aliphatic rings. The molecular weight excluding hydrogens is 269 g/mol. The second kappa shape index (κ2) is 2.89. The highest BCUT2D eigenvalue weighted by molar-refractivity contribution is 14.1. The lowest BCUT2D eigenvalue weighted by Gasteiger charge is -1.96. The minimum Gasteiger partial charge on any atom is -0.467 e. The summed E-state index contributed by atoms with van der Waals surface area (Å²) in [7, 11) is 1.58.